The Morgan fingerprint density at radius 1 is 1.50 bits per heavy atom. The Morgan fingerprint density at radius 2 is 2.22 bits per heavy atom. The van der Waals surface area contributed by atoms with Gasteiger partial charge in [-0.2, -0.15) is 5.10 Å². The molecule has 1 aromatic heterocycles. The summed E-state index contributed by atoms with van der Waals surface area (Å²) < 4.78 is 1.99. The van der Waals surface area contributed by atoms with Crippen molar-refractivity contribution >= 4 is 11.5 Å². The summed E-state index contributed by atoms with van der Waals surface area (Å²) in [5.74, 6) is 0.975. The highest BCUT2D eigenvalue weighted by atomic mass is 15.4. The summed E-state index contributed by atoms with van der Waals surface area (Å²) in [5.41, 5.74) is 7.79. The van der Waals surface area contributed by atoms with Crippen LogP contribution in [0, 0.1) is 6.92 Å². The molecule has 0 aliphatic carbocycles. The van der Waals surface area contributed by atoms with Gasteiger partial charge in [0.05, 0.1) is 11.4 Å². The molecule has 1 aromatic rings. The van der Waals surface area contributed by atoms with E-state index in [4.69, 9.17) is 5.73 Å². The Morgan fingerprint density at radius 3 is 2.78 bits per heavy atom. The van der Waals surface area contributed by atoms with Crippen LogP contribution in [-0.4, -0.2) is 40.9 Å². The Kier molecular flexibility index (Phi) is 3.80. The van der Waals surface area contributed by atoms with Gasteiger partial charge in [0.25, 0.3) is 0 Å². The molecule has 5 nitrogen and oxygen atoms in total. The first-order valence-corrected chi connectivity index (χ1v) is 6.79. The number of nitrogens with two attached hydrogens (primary N) is 1. The van der Waals surface area contributed by atoms with Crippen molar-refractivity contribution < 1.29 is 0 Å². The molecule has 0 spiro atoms. The molecule has 2 rings (SSSR count). The second kappa shape index (κ2) is 5.18. The lowest BCUT2D eigenvalue weighted by Crippen LogP contribution is -2.32. The minimum absolute atomic E-state index is 0.324. The van der Waals surface area contributed by atoms with E-state index in [2.05, 4.69) is 36.2 Å². The number of hydrogen-bond donors (Lipinski definition) is 2. The van der Waals surface area contributed by atoms with E-state index < -0.39 is 0 Å². The summed E-state index contributed by atoms with van der Waals surface area (Å²) >= 11 is 0. The summed E-state index contributed by atoms with van der Waals surface area (Å²) in [6.07, 6.45) is 2.55. The van der Waals surface area contributed by atoms with Crippen LogP contribution in [0.4, 0.5) is 11.5 Å². The minimum Gasteiger partial charge on any atom is -0.394 e. The van der Waals surface area contributed by atoms with Crippen LogP contribution >= 0.6 is 0 Å². The molecule has 0 bridgehead atoms. The number of likely N-dealkylation sites (N-methyl/N-ethyl adjacent to an activating group) is 1. The van der Waals surface area contributed by atoms with Gasteiger partial charge >= 0.3 is 0 Å². The summed E-state index contributed by atoms with van der Waals surface area (Å²) in [4.78, 5) is 2.41. The smallest absolute Gasteiger partial charge is 0.148 e. The zero-order valence-electron chi connectivity index (χ0n) is 11.9. The fourth-order valence-electron chi connectivity index (χ4n) is 2.56. The molecule has 5 heteroatoms. The normalized spacial score (nSPS) is 20.8. The monoisotopic (exact) mass is 251 g/mol. The molecule has 1 aliphatic rings. The second-order valence-electron chi connectivity index (χ2n) is 5.54. The van der Waals surface area contributed by atoms with Crippen LogP contribution in [0.5, 0.6) is 0 Å². The SMILES string of the molecule is Cc1nn(C(C)C)c(NCC2CCCN2C)c1N. The van der Waals surface area contributed by atoms with E-state index in [0.29, 0.717) is 12.1 Å². The van der Waals surface area contributed by atoms with Crippen LogP contribution in [0.15, 0.2) is 0 Å². The lowest BCUT2D eigenvalue weighted by Gasteiger charge is -2.21. The number of hydrogen-bond acceptors (Lipinski definition) is 4. The first-order chi connectivity index (χ1) is 8.50. The van der Waals surface area contributed by atoms with Gasteiger partial charge < -0.3 is 16.0 Å². The molecule has 1 fully saturated rings. The van der Waals surface area contributed by atoms with Crippen LogP contribution in [-0.2, 0) is 0 Å². The van der Waals surface area contributed by atoms with Gasteiger partial charge in [-0.3, -0.25) is 0 Å². The first-order valence-electron chi connectivity index (χ1n) is 6.79. The van der Waals surface area contributed by atoms with Crippen LogP contribution < -0.4 is 11.1 Å². The van der Waals surface area contributed by atoms with Gasteiger partial charge in [0.2, 0.25) is 0 Å². The number of nitrogens with zero attached hydrogens (tertiary/aromatic N) is 3. The van der Waals surface area contributed by atoms with E-state index in [-0.39, 0.29) is 0 Å². The summed E-state index contributed by atoms with van der Waals surface area (Å²) in [6.45, 7) is 8.35. The zero-order valence-corrected chi connectivity index (χ0v) is 11.9. The standard InChI is InChI=1S/C13H25N5/c1-9(2)18-13(12(14)10(3)16-18)15-8-11-6-5-7-17(11)4/h9,11,15H,5-8,14H2,1-4H3. The summed E-state index contributed by atoms with van der Waals surface area (Å²) in [6, 6.07) is 0.935. The Balaban J connectivity index is 2.08. The highest BCUT2D eigenvalue weighted by molar-refractivity contribution is 5.65. The van der Waals surface area contributed by atoms with Gasteiger partial charge in [-0.1, -0.05) is 0 Å². The number of aromatic nitrogens is 2. The third-order valence-electron chi connectivity index (χ3n) is 3.80. The van der Waals surface area contributed by atoms with Gasteiger partial charge in [0, 0.05) is 18.6 Å². The summed E-state index contributed by atoms with van der Waals surface area (Å²) in [7, 11) is 2.19. The molecule has 102 valence electrons. The molecule has 1 atom stereocenters. The molecule has 1 aliphatic heterocycles. The predicted octanol–water partition coefficient (Wildman–Crippen LogP) is 1.86. The van der Waals surface area contributed by atoms with E-state index in [1.165, 1.54) is 19.4 Å². The van der Waals surface area contributed by atoms with Gasteiger partial charge in [-0.15, -0.1) is 0 Å². The molecule has 0 radical (unpaired) electrons. The van der Waals surface area contributed by atoms with Crippen molar-refractivity contribution in [1.29, 1.82) is 0 Å². The average molecular weight is 251 g/mol. The van der Waals surface area contributed by atoms with E-state index in [1.54, 1.807) is 0 Å². The predicted molar refractivity (Wildman–Crippen MR) is 75.9 cm³/mol. The van der Waals surface area contributed by atoms with Crippen molar-refractivity contribution in [2.45, 2.75) is 45.7 Å². The van der Waals surface area contributed by atoms with Crippen molar-refractivity contribution in [2.75, 3.05) is 31.2 Å². The van der Waals surface area contributed by atoms with Crippen LogP contribution in [0.25, 0.3) is 0 Å². The molecule has 0 amide bonds. The fourth-order valence-corrected chi connectivity index (χ4v) is 2.56. The molecule has 0 saturated carbocycles. The van der Waals surface area contributed by atoms with E-state index >= 15 is 0 Å². The van der Waals surface area contributed by atoms with E-state index in [0.717, 1.165) is 23.7 Å². The van der Waals surface area contributed by atoms with Crippen molar-refractivity contribution in [2.24, 2.45) is 0 Å². The largest absolute Gasteiger partial charge is 0.394 e. The van der Waals surface area contributed by atoms with Crippen molar-refractivity contribution in [1.82, 2.24) is 14.7 Å². The number of nitrogen functional groups attached to an aromatic ring is 1. The van der Waals surface area contributed by atoms with Crippen LogP contribution in [0.1, 0.15) is 38.4 Å². The molecule has 0 aromatic carbocycles. The Hall–Kier alpha value is -1.23. The van der Waals surface area contributed by atoms with Crippen LogP contribution in [0.2, 0.25) is 0 Å². The van der Waals surface area contributed by atoms with Gasteiger partial charge in [0.1, 0.15) is 5.82 Å². The number of rotatable bonds is 4. The lowest BCUT2D eigenvalue weighted by atomic mass is 10.2. The molecule has 1 unspecified atom stereocenters. The van der Waals surface area contributed by atoms with E-state index in [1.807, 2.05) is 11.6 Å². The maximum absolute atomic E-state index is 6.10. The lowest BCUT2D eigenvalue weighted by molar-refractivity contribution is 0.321. The Bertz CT molecular complexity index is 410. The molecule has 18 heavy (non-hydrogen) atoms. The average Bonchev–Trinajstić information content (AvgIpc) is 2.83. The van der Waals surface area contributed by atoms with Gasteiger partial charge in [0.15, 0.2) is 0 Å². The quantitative estimate of drug-likeness (QED) is 0.857. The number of aryl methyl sites for hydroxylation is 1. The van der Waals surface area contributed by atoms with Crippen LogP contribution in [0.3, 0.4) is 0 Å². The molecule has 2 heterocycles. The zero-order chi connectivity index (χ0) is 13.3. The topological polar surface area (TPSA) is 59.1 Å². The van der Waals surface area contributed by atoms with Crippen molar-refractivity contribution in [3.05, 3.63) is 5.69 Å². The molecular weight excluding hydrogens is 226 g/mol. The van der Waals surface area contributed by atoms with E-state index in [9.17, 15) is 0 Å². The molecule has 3 N–H and O–H groups in total. The molecular formula is C13H25N5. The maximum atomic E-state index is 6.10. The highest BCUT2D eigenvalue weighted by Gasteiger charge is 2.22. The minimum atomic E-state index is 0.324. The first kappa shape index (κ1) is 13.2. The van der Waals surface area contributed by atoms with Gasteiger partial charge in [-0.25, -0.2) is 4.68 Å². The second-order valence-corrected chi connectivity index (χ2v) is 5.54. The summed E-state index contributed by atoms with van der Waals surface area (Å²) in [5, 5.41) is 7.98. The van der Waals surface area contributed by atoms with Crippen molar-refractivity contribution in [3.63, 3.8) is 0 Å². The molecule has 1 saturated heterocycles. The number of likely N-dealkylation sites (tertiary alicyclic amines) is 1. The third kappa shape index (κ3) is 2.46. The fraction of sp³-hybridized carbons (Fsp3) is 0.769. The van der Waals surface area contributed by atoms with Gasteiger partial charge in [-0.05, 0) is 47.2 Å². The maximum Gasteiger partial charge on any atom is 0.148 e. The van der Waals surface area contributed by atoms with Crippen molar-refractivity contribution in [3.8, 4) is 0 Å². The number of anilines is 2. The third-order valence-corrected chi connectivity index (χ3v) is 3.80. The highest BCUT2D eigenvalue weighted by Crippen LogP contribution is 2.26. The number of nitrogens with one attached hydrogen (secondary N) is 1. The Labute approximate surface area is 109 Å².